The van der Waals surface area contributed by atoms with Crippen molar-refractivity contribution < 1.29 is 22.4 Å². The van der Waals surface area contributed by atoms with E-state index in [9.17, 15) is 8.42 Å². The maximum atomic E-state index is 10.4. The minimum atomic E-state index is -3.93. The fraction of sp³-hybridized carbons (Fsp3) is 0.455. The number of ether oxygens (including phenoxy) is 2. The molecule has 5 nitrogen and oxygen atoms in total. The van der Waals surface area contributed by atoms with Gasteiger partial charge in [0.1, 0.15) is 12.4 Å². The first-order valence-electron chi connectivity index (χ1n) is 5.20. The van der Waals surface area contributed by atoms with Crippen molar-refractivity contribution in [1.29, 1.82) is 0 Å². The molecule has 0 bridgehead atoms. The molecule has 0 aliphatic rings. The van der Waals surface area contributed by atoms with Gasteiger partial charge in [0.25, 0.3) is 10.1 Å². The largest absolute Gasteiger partial charge is 0.491 e. The molecular formula is C11H16O5S. The third-order valence-electron chi connectivity index (χ3n) is 2.00. The van der Waals surface area contributed by atoms with Crippen molar-refractivity contribution in [3.8, 4) is 5.75 Å². The molecule has 0 aromatic heterocycles. The van der Waals surface area contributed by atoms with Crippen molar-refractivity contribution in [2.24, 2.45) is 0 Å². The van der Waals surface area contributed by atoms with E-state index in [-0.39, 0.29) is 13.2 Å². The Kier molecular flexibility index (Phi) is 5.40. The Hall–Kier alpha value is -1.11. The second kappa shape index (κ2) is 6.58. The first kappa shape index (κ1) is 14.0. The van der Waals surface area contributed by atoms with Gasteiger partial charge >= 0.3 is 0 Å². The van der Waals surface area contributed by atoms with Crippen LogP contribution in [0.4, 0.5) is 0 Å². The number of rotatable bonds is 7. The SMILES string of the molecule is Cc1ccc(OCCOCCS(=O)(=O)O)cc1. The highest BCUT2D eigenvalue weighted by atomic mass is 32.2. The van der Waals surface area contributed by atoms with Crippen LogP contribution in [-0.4, -0.2) is 38.5 Å². The topological polar surface area (TPSA) is 72.8 Å². The van der Waals surface area contributed by atoms with Gasteiger partial charge in [-0.05, 0) is 19.1 Å². The van der Waals surface area contributed by atoms with Gasteiger partial charge < -0.3 is 9.47 Å². The number of hydrogen-bond donors (Lipinski definition) is 1. The molecule has 17 heavy (non-hydrogen) atoms. The van der Waals surface area contributed by atoms with Crippen molar-refractivity contribution in [2.45, 2.75) is 6.92 Å². The molecule has 0 aliphatic carbocycles. The Bertz CT molecular complexity index is 424. The van der Waals surface area contributed by atoms with E-state index in [1.165, 1.54) is 0 Å². The maximum absolute atomic E-state index is 10.4. The second-order valence-corrected chi connectivity index (χ2v) is 5.13. The molecule has 1 N–H and O–H groups in total. The van der Waals surface area contributed by atoms with Gasteiger partial charge in [-0.25, -0.2) is 0 Å². The number of aryl methyl sites for hydroxylation is 1. The normalized spacial score (nSPS) is 11.4. The average molecular weight is 260 g/mol. The van der Waals surface area contributed by atoms with Gasteiger partial charge in [-0.15, -0.1) is 0 Å². The van der Waals surface area contributed by atoms with Crippen LogP contribution in [0.3, 0.4) is 0 Å². The first-order valence-corrected chi connectivity index (χ1v) is 6.81. The second-order valence-electron chi connectivity index (χ2n) is 3.56. The summed E-state index contributed by atoms with van der Waals surface area (Å²) in [6, 6.07) is 7.59. The summed E-state index contributed by atoms with van der Waals surface area (Å²) in [6.07, 6.45) is 0. The molecule has 1 aromatic rings. The lowest BCUT2D eigenvalue weighted by molar-refractivity contribution is 0.110. The lowest BCUT2D eigenvalue weighted by atomic mass is 10.2. The fourth-order valence-electron chi connectivity index (χ4n) is 1.12. The summed E-state index contributed by atoms with van der Waals surface area (Å²) in [6.45, 7) is 2.58. The van der Waals surface area contributed by atoms with Gasteiger partial charge in [-0.2, -0.15) is 8.42 Å². The van der Waals surface area contributed by atoms with E-state index in [1.807, 2.05) is 31.2 Å². The van der Waals surface area contributed by atoms with Gasteiger partial charge in [-0.3, -0.25) is 4.55 Å². The Morgan fingerprint density at radius 3 is 2.35 bits per heavy atom. The number of hydrogen-bond acceptors (Lipinski definition) is 4. The first-order chi connectivity index (χ1) is 7.97. The molecule has 0 aliphatic heterocycles. The quantitative estimate of drug-likeness (QED) is 0.590. The van der Waals surface area contributed by atoms with Gasteiger partial charge in [0.15, 0.2) is 0 Å². The van der Waals surface area contributed by atoms with Crippen LogP contribution in [0.25, 0.3) is 0 Å². The van der Waals surface area contributed by atoms with E-state index in [4.69, 9.17) is 14.0 Å². The zero-order chi connectivity index (χ0) is 12.7. The van der Waals surface area contributed by atoms with E-state index >= 15 is 0 Å². The Labute approximate surface area is 101 Å². The van der Waals surface area contributed by atoms with E-state index in [2.05, 4.69) is 0 Å². The summed E-state index contributed by atoms with van der Waals surface area (Å²) in [7, 11) is -3.93. The zero-order valence-electron chi connectivity index (χ0n) is 9.63. The van der Waals surface area contributed by atoms with Crippen LogP contribution in [0.5, 0.6) is 5.75 Å². The van der Waals surface area contributed by atoms with Gasteiger partial charge in [0.2, 0.25) is 0 Å². The molecule has 0 amide bonds. The van der Waals surface area contributed by atoms with Crippen molar-refractivity contribution >= 4 is 10.1 Å². The fourth-order valence-corrected chi connectivity index (χ4v) is 1.45. The van der Waals surface area contributed by atoms with Gasteiger partial charge in [-0.1, -0.05) is 17.7 Å². The summed E-state index contributed by atoms with van der Waals surface area (Å²) in [5, 5.41) is 0. The van der Waals surface area contributed by atoms with Crippen molar-refractivity contribution in [2.75, 3.05) is 25.6 Å². The molecule has 0 spiro atoms. The van der Waals surface area contributed by atoms with E-state index in [0.717, 1.165) is 11.3 Å². The third kappa shape index (κ3) is 6.93. The van der Waals surface area contributed by atoms with Crippen LogP contribution in [-0.2, 0) is 14.9 Å². The predicted octanol–water partition coefficient (Wildman–Crippen LogP) is 1.28. The van der Waals surface area contributed by atoms with Crippen LogP contribution in [0.1, 0.15) is 5.56 Å². The van der Waals surface area contributed by atoms with Crippen LogP contribution in [0, 0.1) is 6.92 Å². The van der Waals surface area contributed by atoms with E-state index < -0.39 is 15.9 Å². The monoisotopic (exact) mass is 260 g/mol. The van der Waals surface area contributed by atoms with Crippen molar-refractivity contribution in [3.05, 3.63) is 29.8 Å². The molecule has 6 heteroatoms. The minimum absolute atomic E-state index is 0.0317. The highest BCUT2D eigenvalue weighted by Gasteiger charge is 2.03. The maximum Gasteiger partial charge on any atom is 0.267 e. The zero-order valence-corrected chi connectivity index (χ0v) is 10.4. The van der Waals surface area contributed by atoms with Gasteiger partial charge in [0, 0.05) is 0 Å². The minimum Gasteiger partial charge on any atom is -0.491 e. The summed E-state index contributed by atoms with van der Waals surface area (Å²) >= 11 is 0. The van der Waals surface area contributed by atoms with Crippen LogP contribution in [0.15, 0.2) is 24.3 Å². The molecule has 0 saturated heterocycles. The van der Waals surface area contributed by atoms with Crippen molar-refractivity contribution in [1.82, 2.24) is 0 Å². The van der Waals surface area contributed by atoms with Gasteiger partial charge in [0.05, 0.1) is 19.0 Å². The summed E-state index contributed by atoms with van der Waals surface area (Å²) < 4.78 is 39.5. The molecule has 0 heterocycles. The third-order valence-corrected chi connectivity index (χ3v) is 2.69. The number of benzene rings is 1. The van der Waals surface area contributed by atoms with Crippen LogP contribution < -0.4 is 4.74 Å². The van der Waals surface area contributed by atoms with E-state index in [0.29, 0.717) is 6.61 Å². The average Bonchev–Trinajstić information content (AvgIpc) is 2.24. The lowest BCUT2D eigenvalue weighted by Crippen LogP contribution is -2.14. The molecule has 0 fully saturated rings. The summed E-state index contributed by atoms with van der Waals surface area (Å²) in [5.74, 6) is 0.353. The molecule has 96 valence electrons. The Balaban J connectivity index is 2.10. The molecule has 0 atom stereocenters. The Morgan fingerprint density at radius 2 is 1.76 bits per heavy atom. The van der Waals surface area contributed by atoms with Crippen molar-refractivity contribution in [3.63, 3.8) is 0 Å². The van der Waals surface area contributed by atoms with Crippen LogP contribution in [0.2, 0.25) is 0 Å². The molecule has 0 unspecified atom stereocenters. The summed E-state index contributed by atoms with van der Waals surface area (Å²) in [4.78, 5) is 0. The molecule has 0 saturated carbocycles. The molecule has 1 rings (SSSR count). The Morgan fingerprint density at radius 1 is 1.12 bits per heavy atom. The predicted molar refractivity (Wildman–Crippen MR) is 63.9 cm³/mol. The highest BCUT2D eigenvalue weighted by molar-refractivity contribution is 7.85. The highest BCUT2D eigenvalue weighted by Crippen LogP contribution is 2.10. The molecular weight excluding hydrogens is 244 g/mol. The standard InChI is InChI=1S/C11H16O5S/c1-10-2-4-11(5-3-10)16-7-6-15-8-9-17(12,13)14/h2-5H,6-9H2,1H3,(H,12,13,14). The molecule has 0 radical (unpaired) electrons. The van der Waals surface area contributed by atoms with E-state index in [1.54, 1.807) is 0 Å². The van der Waals surface area contributed by atoms with Crippen LogP contribution >= 0.6 is 0 Å². The lowest BCUT2D eigenvalue weighted by Gasteiger charge is -2.06. The molecule has 1 aromatic carbocycles. The summed E-state index contributed by atoms with van der Waals surface area (Å²) in [5.41, 5.74) is 1.15. The smallest absolute Gasteiger partial charge is 0.267 e.